The molecule has 0 aliphatic rings. The molecule has 0 saturated heterocycles. The van der Waals surface area contributed by atoms with E-state index in [-0.39, 0.29) is 18.8 Å². The van der Waals surface area contributed by atoms with E-state index in [0.717, 1.165) is 6.21 Å². The molecule has 2 N–H and O–H groups in total. The minimum absolute atomic E-state index is 0.0638. The van der Waals surface area contributed by atoms with E-state index >= 15 is 0 Å². The summed E-state index contributed by atoms with van der Waals surface area (Å²) < 4.78 is 14.8. The first-order valence-corrected chi connectivity index (χ1v) is 8.17. The van der Waals surface area contributed by atoms with Gasteiger partial charge in [-0.15, -0.1) is 0 Å². The number of Topliss-reactive ketones (excluding diaryl/α,β-unsaturated/α-hetero) is 1. The van der Waals surface area contributed by atoms with Crippen LogP contribution in [0, 0.1) is 11.4 Å². The van der Waals surface area contributed by atoms with Crippen molar-refractivity contribution in [2.45, 2.75) is 65.9 Å². The average Bonchev–Trinajstić information content (AvgIpc) is 2.50. The number of carbonyl (C=O) groups excluding carboxylic acids is 4. The van der Waals surface area contributed by atoms with Gasteiger partial charge in [0.05, 0.1) is 22.3 Å². The number of hydrogen-bond acceptors (Lipinski definition) is 8. The number of nitrogens with one attached hydrogen (secondary N) is 2. The molecular weight excluding hydrogens is 346 g/mol. The Morgan fingerprint density at radius 1 is 1.00 bits per heavy atom. The van der Waals surface area contributed by atoms with E-state index in [1.165, 1.54) is 6.92 Å². The summed E-state index contributed by atoms with van der Waals surface area (Å²) in [5.41, 5.74) is 6.60. The first-order chi connectivity index (χ1) is 12.1. The van der Waals surface area contributed by atoms with Gasteiger partial charge in [0.1, 0.15) is 6.04 Å². The van der Waals surface area contributed by atoms with E-state index in [0.29, 0.717) is 0 Å². The summed E-state index contributed by atoms with van der Waals surface area (Å²) in [6, 6.07) is -1.14. The van der Waals surface area contributed by atoms with Crippen molar-refractivity contribution >= 4 is 30.0 Å². The lowest BCUT2D eigenvalue weighted by Crippen LogP contribution is -2.44. The third-order valence-corrected chi connectivity index (χ3v) is 2.84. The van der Waals surface area contributed by atoms with Crippen molar-refractivity contribution in [3.05, 3.63) is 0 Å². The second-order valence-corrected chi connectivity index (χ2v) is 6.01. The van der Waals surface area contributed by atoms with Gasteiger partial charge in [0.2, 0.25) is 12.1 Å². The van der Waals surface area contributed by atoms with E-state index < -0.39 is 42.3 Å². The van der Waals surface area contributed by atoms with Crippen LogP contribution in [0.25, 0.3) is 0 Å². The standard InChI is InChI=1S/C16H25N3O7/c1-9(2)14(21)25-11(5)26-16(23)19-13(15(22)24-10(3)4)7-6-12(20)8-18-17/h8-11,13,17H,6-7H2,1-5H3/p+1/t11?,13-/m0/s1. The molecule has 0 heterocycles. The summed E-state index contributed by atoms with van der Waals surface area (Å²) in [6.07, 6.45) is -1.95. The van der Waals surface area contributed by atoms with Crippen LogP contribution in [0.15, 0.2) is 0 Å². The molecule has 0 radical (unpaired) electrons. The van der Waals surface area contributed by atoms with E-state index in [2.05, 4.69) is 10.1 Å². The van der Waals surface area contributed by atoms with Crippen LogP contribution in [-0.4, -0.2) is 53.3 Å². The lowest BCUT2D eigenvalue weighted by atomic mass is 10.1. The zero-order valence-electron chi connectivity index (χ0n) is 15.6. The predicted molar refractivity (Wildman–Crippen MR) is 88.3 cm³/mol. The highest BCUT2D eigenvalue weighted by Gasteiger charge is 2.26. The quantitative estimate of drug-likeness (QED) is 0.193. The van der Waals surface area contributed by atoms with E-state index in [1.54, 1.807) is 27.7 Å². The Bertz CT molecular complexity index is 568. The molecular formula is C16H26N3O7+. The summed E-state index contributed by atoms with van der Waals surface area (Å²) in [5, 5.41) is 2.28. The maximum absolute atomic E-state index is 12.1. The molecule has 0 fully saturated rings. The van der Waals surface area contributed by atoms with Gasteiger partial charge in [-0.25, -0.2) is 9.59 Å². The fourth-order valence-electron chi connectivity index (χ4n) is 1.64. The smallest absolute Gasteiger partial charge is 0.410 e. The Morgan fingerprint density at radius 2 is 1.62 bits per heavy atom. The summed E-state index contributed by atoms with van der Waals surface area (Å²) in [7, 11) is 0. The summed E-state index contributed by atoms with van der Waals surface area (Å²) in [6.45, 7) is 7.89. The molecule has 146 valence electrons. The van der Waals surface area contributed by atoms with Gasteiger partial charge >= 0.3 is 24.2 Å². The third kappa shape index (κ3) is 10.2. The predicted octanol–water partition coefficient (Wildman–Crippen LogP) is 1.24. The van der Waals surface area contributed by atoms with Crippen molar-refractivity contribution in [1.29, 1.82) is 5.53 Å². The van der Waals surface area contributed by atoms with Crippen LogP contribution < -0.4 is 5.32 Å². The fourth-order valence-corrected chi connectivity index (χ4v) is 1.64. The number of alkyl carbamates (subject to hydrolysis) is 1. The fraction of sp³-hybridized carbons (Fsp3) is 0.688. The first-order valence-electron chi connectivity index (χ1n) is 8.17. The number of nitrogens with zero attached hydrogens (tertiary/aromatic N) is 1. The Labute approximate surface area is 151 Å². The van der Waals surface area contributed by atoms with Gasteiger partial charge < -0.3 is 19.5 Å². The topological polar surface area (TPSA) is 146 Å². The normalized spacial score (nSPS) is 12.6. The number of rotatable bonds is 10. The van der Waals surface area contributed by atoms with Crippen molar-refractivity contribution in [3.63, 3.8) is 0 Å². The lowest BCUT2D eigenvalue weighted by Gasteiger charge is -2.20. The highest BCUT2D eigenvalue weighted by molar-refractivity contribution is 6.25. The van der Waals surface area contributed by atoms with Crippen molar-refractivity contribution in [2.24, 2.45) is 5.92 Å². The molecule has 0 aliphatic heterocycles. The van der Waals surface area contributed by atoms with Crippen LogP contribution in [0.2, 0.25) is 0 Å². The number of hydrogen-bond donors (Lipinski definition) is 2. The zero-order chi connectivity index (χ0) is 20.3. The molecule has 10 nitrogen and oxygen atoms in total. The Morgan fingerprint density at radius 3 is 2.12 bits per heavy atom. The van der Waals surface area contributed by atoms with Gasteiger partial charge in [0.25, 0.3) is 0 Å². The second-order valence-electron chi connectivity index (χ2n) is 6.01. The monoisotopic (exact) mass is 372 g/mol. The third-order valence-electron chi connectivity index (χ3n) is 2.84. The highest BCUT2D eigenvalue weighted by Crippen LogP contribution is 2.06. The van der Waals surface area contributed by atoms with E-state index in [9.17, 15) is 19.2 Å². The van der Waals surface area contributed by atoms with Crippen LogP contribution >= 0.6 is 0 Å². The van der Waals surface area contributed by atoms with E-state index in [4.69, 9.17) is 19.7 Å². The molecule has 1 unspecified atom stereocenters. The van der Waals surface area contributed by atoms with Crippen molar-refractivity contribution in [1.82, 2.24) is 5.32 Å². The summed E-state index contributed by atoms with van der Waals surface area (Å²) in [4.78, 5) is 49.7. The molecule has 0 bridgehead atoms. The molecule has 0 saturated carbocycles. The number of esters is 2. The van der Waals surface area contributed by atoms with Gasteiger partial charge in [-0.2, -0.15) is 0 Å². The van der Waals surface area contributed by atoms with Crippen molar-refractivity contribution in [2.75, 3.05) is 0 Å². The zero-order valence-corrected chi connectivity index (χ0v) is 15.6. The van der Waals surface area contributed by atoms with Crippen LogP contribution in [0.5, 0.6) is 0 Å². The van der Waals surface area contributed by atoms with Gasteiger partial charge in [-0.05, 0) is 20.3 Å². The molecule has 26 heavy (non-hydrogen) atoms. The molecule has 2 atom stereocenters. The molecule has 0 spiro atoms. The maximum Gasteiger partial charge on any atom is 0.410 e. The number of ketones is 1. The molecule has 1 amide bonds. The van der Waals surface area contributed by atoms with Crippen molar-refractivity contribution in [3.8, 4) is 0 Å². The van der Waals surface area contributed by atoms with Crippen LogP contribution in [-0.2, 0) is 28.6 Å². The Kier molecular flexibility index (Phi) is 10.5. The SMILES string of the molecule is CC(C)OC(=O)[C@H](CCC(=O)C=[N+]=N)NC(=O)OC(C)OC(=O)C(C)C. The van der Waals surface area contributed by atoms with Crippen LogP contribution in [0.3, 0.4) is 0 Å². The minimum Gasteiger partial charge on any atom is -0.461 e. The van der Waals surface area contributed by atoms with Gasteiger partial charge in [-0.3, -0.25) is 9.59 Å². The molecule has 0 aromatic heterocycles. The Hall–Kier alpha value is -2.74. The van der Waals surface area contributed by atoms with Crippen LogP contribution in [0.4, 0.5) is 4.79 Å². The second kappa shape index (κ2) is 11.8. The molecule has 10 heteroatoms. The molecule has 0 aliphatic carbocycles. The van der Waals surface area contributed by atoms with Crippen LogP contribution in [0.1, 0.15) is 47.5 Å². The molecule has 0 aromatic rings. The molecule has 0 aromatic carbocycles. The molecule has 0 rings (SSSR count). The average molecular weight is 372 g/mol. The summed E-state index contributed by atoms with van der Waals surface area (Å²) >= 11 is 0. The van der Waals surface area contributed by atoms with E-state index in [1.807, 2.05) is 0 Å². The lowest BCUT2D eigenvalue weighted by molar-refractivity contribution is -0.169. The number of carbonyl (C=O) groups is 4. The minimum atomic E-state index is -1.15. The van der Waals surface area contributed by atoms with Crippen molar-refractivity contribution < 1.29 is 38.2 Å². The number of ether oxygens (including phenoxy) is 3. The first kappa shape index (κ1) is 23.3. The summed E-state index contributed by atoms with van der Waals surface area (Å²) in [5.74, 6) is -2.14. The van der Waals surface area contributed by atoms with Gasteiger partial charge in [0, 0.05) is 13.3 Å². The number of amides is 1. The largest absolute Gasteiger partial charge is 0.461 e. The highest BCUT2D eigenvalue weighted by atomic mass is 16.7. The van der Waals surface area contributed by atoms with Gasteiger partial charge in [-0.1, -0.05) is 13.8 Å². The maximum atomic E-state index is 12.1. The van der Waals surface area contributed by atoms with Gasteiger partial charge in [0.15, 0.2) is 0 Å². The Balaban J connectivity index is 4.79.